The van der Waals surface area contributed by atoms with Crippen LogP contribution >= 0.6 is 11.8 Å². The molecule has 9 nitrogen and oxygen atoms in total. The number of aromatic nitrogens is 4. The van der Waals surface area contributed by atoms with Crippen LogP contribution in [0.3, 0.4) is 0 Å². The van der Waals surface area contributed by atoms with Crippen LogP contribution in [0, 0.1) is 0 Å². The SMILES string of the molecule is CCOC(=O)c1ccccc1NC(=O)CSc1nnc(-c2c[nH]c3ccccc23)n1-c1cccc(OC)c1. The molecule has 192 valence electrons. The van der Waals surface area contributed by atoms with Crippen LogP contribution in [0.5, 0.6) is 5.75 Å². The topological polar surface area (TPSA) is 111 Å². The number of amides is 1. The number of methoxy groups -OCH3 is 1. The van der Waals surface area contributed by atoms with E-state index in [0.717, 1.165) is 22.2 Å². The van der Waals surface area contributed by atoms with E-state index in [1.54, 1.807) is 38.3 Å². The van der Waals surface area contributed by atoms with E-state index in [0.29, 0.717) is 28.0 Å². The number of benzene rings is 3. The summed E-state index contributed by atoms with van der Waals surface area (Å²) < 4.78 is 12.4. The minimum absolute atomic E-state index is 0.0488. The summed E-state index contributed by atoms with van der Waals surface area (Å²) in [6.45, 7) is 1.98. The molecule has 0 aliphatic rings. The molecule has 10 heteroatoms. The molecule has 5 aromatic rings. The number of H-pyrrole nitrogens is 1. The molecule has 2 N–H and O–H groups in total. The number of thioether (sulfide) groups is 1. The van der Waals surface area contributed by atoms with Crippen LogP contribution in [0.15, 0.2) is 84.1 Å². The molecular weight excluding hydrogens is 502 g/mol. The Morgan fingerprint density at radius 2 is 1.84 bits per heavy atom. The van der Waals surface area contributed by atoms with Gasteiger partial charge < -0.3 is 19.8 Å². The lowest BCUT2D eigenvalue weighted by atomic mass is 10.1. The van der Waals surface area contributed by atoms with Crippen molar-refractivity contribution in [2.75, 3.05) is 24.8 Å². The first-order chi connectivity index (χ1) is 18.6. The predicted molar refractivity (Wildman–Crippen MR) is 147 cm³/mol. The van der Waals surface area contributed by atoms with Crippen LogP contribution in [0.4, 0.5) is 5.69 Å². The number of nitrogens with zero attached hydrogens (tertiary/aromatic N) is 3. The van der Waals surface area contributed by atoms with Crippen LogP contribution < -0.4 is 10.1 Å². The number of hydrogen-bond acceptors (Lipinski definition) is 7. The van der Waals surface area contributed by atoms with E-state index in [-0.39, 0.29) is 18.3 Å². The molecule has 0 saturated carbocycles. The van der Waals surface area contributed by atoms with Gasteiger partial charge >= 0.3 is 5.97 Å². The minimum Gasteiger partial charge on any atom is -0.497 e. The minimum atomic E-state index is -0.489. The van der Waals surface area contributed by atoms with Crippen LogP contribution in [-0.2, 0) is 9.53 Å². The summed E-state index contributed by atoms with van der Waals surface area (Å²) in [6, 6.07) is 22.3. The zero-order valence-corrected chi connectivity index (χ0v) is 21.6. The van der Waals surface area contributed by atoms with Crippen molar-refractivity contribution in [1.82, 2.24) is 19.7 Å². The molecule has 0 fully saturated rings. The third-order valence-corrected chi connectivity index (χ3v) is 6.73. The molecule has 0 saturated heterocycles. The summed E-state index contributed by atoms with van der Waals surface area (Å²) in [5.41, 5.74) is 3.36. The van der Waals surface area contributed by atoms with Gasteiger partial charge in [-0.15, -0.1) is 10.2 Å². The molecule has 0 aliphatic carbocycles. The molecule has 0 radical (unpaired) electrons. The molecular formula is C28H25N5O4S. The van der Waals surface area contributed by atoms with Gasteiger partial charge in [-0.3, -0.25) is 9.36 Å². The average molecular weight is 528 g/mol. The number of anilines is 1. The molecule has 0 spiro atoms. The third kappa shape index (κ3) is 5.12. The number of nitrogens with one attached hydrogen (secondary N) is 2. The zero-order valence-electron chi connectivity index (χ0n) is 20.8. The van der Waals surface area contributed by atoms with Gasteiger partial charge in [0.1, 0.15) is 5.75 Å². The Morgan fingerprint density at radius 1 is 1.03 bits per heavy atom. The molecule has 5 rings (SSSR count). The zero-order chi connectivity index (χ0) is 26.5. The van der Waals surface area contributed by atoms with Crippen molar-refractivity contribution in [3.8, 4) is 22.8 Å². The summed E-state index contributed by atoms with van der Waals surface area (Å²) in [5.74, 6) is 0.585. The largest absolute Gasteiger partial charge is 0.497 e. The number of carbonyl (C=O) groups excluding carboxylic acids is 2. The van der Waals surface area contributed by atoms with Gasteiger partial charge in [-0.05, 0) is 37.3 Å². The van der Waals surface area contributed by atoms with E-state index < -0.39 is 5.97 Å². The average Bonchev–Trinajstić information content (AvgIpc) is 3.56. The van der Waals surface area contributed by atoms with Gasteiger partial charge in [0.2, 0.25) is 5.91 Å². The molecule has 2 aromatic heterocycles. The first-order valence-corrected chi connectivity index (χ1v) is 12.9. The van der Waals surface area contributed by atoms with Gasteiger partial charge in [0.15, 0.2) is 11.0 Å². The van der Waals surface area contributed by atoms with Crippen molar-refractivity contribution in [2.24, 2.45) is 0 Å². The lowest BCUT2D eigenvalue weighted by Crippen LogP contribution is -2.17. The highest BCUT2D eigenvalue weighted by atomic mass is 32.2. The van der Waals surface area contributed by atoms with E-state index >= 15 is 0 Å². The summed E-state index contributed by atoms with van der Waals surface area (Å²) in [6.07, 6.45) is 1.90. The fourth-order valence-electron chi connectivity index (χ4n) is 4.07. The Balaban J connectivity index is 1.45. The molecule has 0 atom stereocenters. The Kier molecular flexibility index (Phi) is 7.41. The van der Waals surface area contributed by atoms with E-state index in [2.05, 4.69) is 20.5 Å². The summed E-state index contributed by atoms with van der Waals surface area (Å²) in [4.78, 5) is 28.5. The smallest absolute Gasteiger partial charge is 0.340 e. The number of fused-ring (bicyclic) bond motifs is 1. The summed E-state index contributed by atoms with van der Waals surface area (Å²) in [5, 5.41) is 13.3. The van der Waals surface area contributed by atoms with Crippen molar-refractivity contribution in [2.45, 2.75) is 12.1 Å². The third-order valence-electron chi connectivity index (χ3n) is 5.80. The van der Waals surface area contributed by atoms with Crippen LogP contribution in [0.25, 0.3) is 28.0 Å². The van der Waals surface area contributed by atoms with E-state index in [9.17, 15) is 9.59 Å². The Labute approximate surface area is 223 Å². The van der Waals surface area contributed by atoms with Crippen molar-refractivity contribution in [1.29, 1.82) is 0 Å². The fraction of sp³-hybridized carbons (Fsp3) is 0.143. The van der Waals surface area contributed by atoms with Gasteiger partial charge in [-0.25, -0.2) is 4.79 Å². The van der Waals surface area contributed by atoms with Gasteiger partial charge in [-0.1, -0.05) is 48.2 Å². The van der Waals surface area contributed by atoms with Gasteiger partial charge in [-0.2, -0.15) is 0 Å². The van der Waals surface area contributed by atoms with Crippen LogP contribution in [0.2, 0.25) is 0 Å². The number of para-hydroxylation sites is 2. The second-order valence-corrected chi connectivity index (χ2v) is 9.14. The molecule has 0 bridgehead atoms. The van der Waals surface area contributed by atoms with E-state index in [4.69, 9.17) is 9.47 Å². The molecule has 38 heavy (non-hydrogen) atoms. The normalized spacial score (nSPS) is 10.9. The Morgan fingerprint density at radius 3 is 2.68 bits per heavy atom. The Hall–Kier alpha value is -4.57. The summed E-state index contributed by atoms with van der Waals surface area (Å²) >= 11 is 1.24. The molecule has 3 aromatic carbocycles. The highest BCUT2D eigenvalue weighted by molar-refractivity contribution is 7.99. The lowest BCUT2D eigenvalue weighted by molar-refractivity contribution is -0.113. The van der Waals surface area contributed by atoms with Crippen LogP contribution in [-0.4, -0.2) is 51.1 Å². The number of carbonyl (C=O) groups is 2. The van der Waals surface area contributed by atoms with Crippen molar-refractivity contribution in [3.05, 3.63) is 84.6 Å². The predicted octanol–water partition coefficient (Wildman–Crippen LogP) is 5.33. The second-order valence-electron chi connectivity index (χ2n) is 8.19. The van der Waals surface area contributed by atoms with Crippen molar-refractivity contribution >= 4 is 40.2 Å². The summed E-state index contributed by atoms with van der Waals surface area (Å²) in [7, 11) is 1.61. The quantitative estimate of drug-likeness (QED) is 0.197. The molecule has 0 aliphatic heterocycles. The number of aromatic amines is 1. The van der Waals surface area contributed by atoms with Crippen molar-refractivity contribution in [3.63, 3.8) is 0 Å². The number of esters is 1. The van der Waals surface area contributed by atoms with Gasteiger partial charge in [0.05, 0.1) is 36.4 Å². The molecule has 2 heterocycles. The first-order valence-electron chi connectivity index (χ1n) is 11.9. The number of rotatable bonds is 9. The van der Waals surface area contributed by atoms with Gasteiger partial charge in [0.25, 0.3) is 0 Å². The molecule has 0 unspecified atom stereocenters. The standard InChI is InChI=1S/C28H25N5O4S/c1-3-37-27(35)21-12-5-7-14-24(21)30-25(34)17-38-28-32-31-26(22-16-29-23-13-6-4-11-20(22)23)33(28)18-9-8-10-19(15-18)36-2/h4-16,29H,3,17H2,1-2H3,(H,30,34). The highest BCUT2D eigenvalue weighted by Crippen LogP contribution is 2.33. The molecule has 1 amide bonds. The van der Waals surface area contributed by atoms with E-state index in [1.165, 1.54) is 11.8 Å². The fourth-order valence-corrected chi connectivity index (χ4v) is 4.82. The maximum absolute atomic E-state index is 12.9. The van der Waals surface area contributed by atoms with E-state index in [1.807, 2.05) is 59.3 Å². The highest BCUT2D eigenvalue weighted by Gasteiger charge is 2.21. The second kappa shape index (κ2) is 11.2. The monoisotopic (exact) mass is 527 g/mol. The van der Waals surface area contributed by atoms with Gasteiger partial charge in [0, 0.05) is 28.7 Å². The maximum Gasteiger partial charge on any atom is 0.340 e. The maximum atomic E-state index is 12.9. The van der Waals surface area contributed by atoms with Crippen molar-refractivity contribution < 1.29 is 19.1 Å². The number of hydrogen-bond donors (Lipinski definition) is 2. The van der Waals surface area contributed by atoms with Crippen LogP contribution in [0.1, 0.15) is 17.3 Å². The number of ether oxygens (including phenoxy) is 2. The lowest BCUT2D eigenvalue weighted by Gasteiger charge is -2.12. The first kappa shape index (κ1) is 25.1. The Bertz CT molecular complexity index is 1610.